The van der Waals surface area contributed by atoms with E-state index in [0.29, 0.717) is 19.3 Å². The van der Waals surface area contributed by atoms with E-state index in [9.17, 15) is 14.4 Å². The first kappa shape index (κ1) is 23.8. The number of hydrogen-bond acceptors (Lipinski definition) is 4. The first-order chi connectivity index (χ1) is 16.4. The molecule has 2 aromatic rings. The van der Waals surface area contributed by atoms with Crippen molar-refractivity contribution in [3.8, 4) is 11.1 Å². The number of carbonyl (C=O) groups is 3. The molecule has 2 aromatic carbocycles. The Bertz CT molecular complexity index is 1010. The summed E-state index contributed by atoms with van der Waals surface area (Å²) in [6.07, 6.45) is 2.79. The number of nitrogens with one attached hydrogen (secondary N) is 2. The molecule has 0 spiro atoms. The predicted octanol–water partition coefficient (Wildman–Crippen LogP) is 4.45. The molecule has 1 fully saturated rings. The lowest BCUT2D eigenvalue weighted by Gasteiger charge is -2.18. The van der Waals surface area contributed by atoms with Crippen molar-refractivity contribution in [3.05, 3.63) is 59.7 Å². The van der Waals surface area contributed by atoms with E-state index in [4.69, 9.17) is 9.84 Å². The molecular formula is C27H32N2O5. The molecule has 0 saturated heterocycles. The minimum atomic E-state index is -0.916. The van der Waals surface area contributed by atoms with Crippen molar-refractivity contribution in [1.29, 1.82) is 0 Å². The second-order valence-electron chi connectivity index (χ2n) is 9.32. The quantitative estimate of drug-likeness (QED) is 0.508. The fourth-order valence-electron chi connectivity index (χ4n) is 5.26. The zero-order valence-electron chi connectivity index (χ0n) is 19.5. The Labute approximate surface area is 199 Å². The molecule has 0 aliphatic heterocycles. The molecule has 0 radical (unpaired) electrons. The number of hydrogen-bond donors (Lipinski definition) is 3. The highest BCUT2D eigenvalue weighted by atomic mass is 16.5. The van der Waals surface area contributed by atoms with Gasteiger partial charge in [0, 0.05) is 24.4 Å². The van der Waals surface area contributed by atoms with Gasteiger partial charge in [0.05, 0.1) is 6.42 Å². The average molecular weight is 465 g/mol. The van der Waals surface area contributed by atoms with Gasteiger partial charge in [-0.05, 0) is 53.9 Å². The zero-order valence-corrected chi connectivity index (χ0v) is 19.5. The fraction of sp³-hybridized carbons (Fsp3) is 0.444. The predicted molar refractivity (Wildman–Crippen MR) is 128 cm³/mol. The summed E-state index contributed by atoms with van der Waals surface area (Å²) < 4.78 is 5.64. The van der Waals surface area contributed by atoms with Crippen LogP contribution in [-0.4, -0.2) is 41.8 Å². The minimum Gasteiger partial charge on any atom is -0.481 e. The summed E-state index contributed by atoms with van der Waals surface area (Å²) in [4.78, 5) is 35.7. The highest BCUT2D eigenvalue weighted by Crippen LogP contribution is 2.44. The van der Waals surface area contributed by atoms with Gasteiger partial charge in [-0.2, -0.15) is 0 Å². The van der Waals surface area contributed by atoms with Crippen LogP contribution in [0.3, 0.4) is 0 Å². The number of ether oxygens (including phenoxy) is 1. The van der Waals surface area contributed by atoms with Crippen molar-refractivity contribution in [1.82, 2.24) is 10.6 Å². The maximum atomic E-state index is 12.5. The molecule has 3 N–H and O–H groups in total. The van der Waals surface area contributed by atoms with E-state index in [1.807, 2.05) is 31.2 Å². The number of carbonyl (C=O) groups excluding carboxylic acids is 2. The Balaban J connectivity index is 1.24. The Kier molecular flexibility index (Phi) is 7.50. The lowest BCUT2D eigenvalue weighted by molar-refractivity contribution is -0.137. The third-order valence-electron chi connectivity index (χ3n) is 6.96. The lowest BCUT2D eigenvalue weighted by Crippen LogP contribution is -2.37. The summed E-state index contributed by atoms with van der Waals surface area (Å²) in [6.45, 7) is 2.14. The number of carboxylic acid groups (broad SMARTS) is 1. The standard InChI is InChI=1S/C27H32N2O5/c1-2-18(15-26(31)32)28-25(30)14-17-11-12-19(13-17)29-27(33)34-16-24-22-9-5-3-7-20(22)21-8-4-6-10-23(21)24/h3-10,17-19,24H,2,11-16H2,1H3,(H,28,30)(H,29,33)(H,31,32)/t17-,18-,19+/m0/s1. The number of aliphatic carboxylic acids is 1. The van der Waals surface area contributed by atoms with Crippen molar-refractivity contribution < 1.29 is 24.2 Å². The number of fused-ring (bicyclic) bond motifs is 3. The van der Waals surface area contributed by atoms with Crippen LogP contribution in [0, 0.1) is 5.92 Å². The minimum absolute atomic E-state index is 0.0190. The van der Waals surface area contributed by atoms with Crippen molar-refractivity contribution >= 4 is 18.0 Å². The first-order valence-electron chi connectivity index (χ1n) is 12.1. The largest absolute Gasteiger partial charge is 0.481 e. The lowest BCUT2D eigenvalue weighted by atomic mass is 9.98. The van der Waals surface area contributed by atoms with E-state index in [0.717, 1.165) is 12.8 Å². The third-order valence-corrected chi connectivity index (χ3v) is 6.96. The normalized spacial score (nSPS) is 19.7. The number of benzene rings is 2. The molecule has 34 heavy (non-hydrogen) atoms. The Hall–Kier alpha value is -3.35. The maximum absolute atomic E-state index is 12.5. The number of amides is 2. The van der Waals surface area contributed by atoms with E-state index in [-0.39, 0.29) is 42.9 Å². The Morgan fingerprint density at radius 2 is 1.68 bits per heavy atom. The van der Waals surface area contributed by atoms with Crippen LogP contribution in [0.5, 0.6) is 0 Å². The summed E-state index contributed by atoms with van der Waals surface area (Å²) in [5, 5.41) is 14.7. The van der Waals surface area contributed by atoms with Gasteiger partial charge in [-0.1, -0.05) is 55.5 Å². The molecule has 0 bridgehead atoms. The zero-order chi connectivity index (χ0) is 24.1. The highest BCUT2D eigenvalue weighted by Gasteiger charge is 2.31. The number of carboxylic acids is 1. The molecule has 3 atom stereocenters. The molecule has 2 aliphatic rings. The van der Waals surface area contributed by atoms with Gasteiger partial charge in [0.2, 0.25) is 5.91 Å². The van der Waals surface area contributed by atoms with E-state index >= 15 is 0 Å². The van der Waals surface area contributed by atoms with Crippen molar-refractivity contribution in [2.24, 2.45) is 5.92 Å². The van der Waals surface area contributed by atoms with Gasteiger partial charge in [0.25, 0.3) is 0 Å². The molecule has 7 nitrogen and oxygen atoms in total. The molecule has 7 heteroatoms. The summed E-state index contributed by atoms with van der Waals surface area (Å²) in [5.74, 6) is -0.850. The molecule has 0 aromatic heterocycles. The van der Waals surface area contributed by atoms with Crippen LogP contribution in [-0.2, 0) is 14.3 Å². The van der Waals surface area contributed by atoms with Gasteiger partial charge >= 0.3 is 12.1 Å². The van der Waals surface area contributed by atoms with Crippen LogP contribution in [0.25, 0.3) is 11.1 Å². The fourth-order valence-corrected chi connectivity index (χ4v) is 5.26. The van der Waals surface area contributed by atoms with Crippen molar-refractivity contribution in [3.63, 3.8) is 0 Å². The molecule has 2 aliphatic carbocycles. The van der Waals surface area contributed by atoms with Gasteiger partial charge in [-0.3, -0.25) is 9.59 Å². The highest BCUT2D eigenvalue weighted by molar-refractivity contribution is 5.79. The van der Waals surface area contributed by atoms with Gasteiger partial charge in [-0.25, -0.2) is 4.79 Å². The van der Waals surface area contributed by atoms with Gasteiger partial charge < -0.3 is 20.5 Å². The molecule has 0 unspecified atom stereocenters. The maximum Gasteiger partial charge on any atom is 0.407 e. The summed E-state index contributed by atoms with van der Waals surface area (Å²) >= 11 is 0. The van der Waals surface area contributed by atoms with E-state index in [2.05, 4.69) is 34.9 Å². The van der Waals surface area contributed by atoms with Gasteiger partial charge in [-0.15, -0.1) is 0 Å². The Morgan fingerprint density at radius 1 is 1.03 bits per heavy atom. The summed E-state index contributed by atoms with van der Waals surface area (Å²) in [7, 11) is 0. The first-order valence-corrected chi connectivity index (χ1v) is 12.1. The van der Waals surface area contributed by atoms with Crippen LogP contribution in [0.2, 0.25) is 0 Å². The van der Waals surface area contributed by atoms with Crippen LogP contribution in [0.1, 0.15) is 62.5 Å². The van der Waals surface area contributed by atoms with Crippen LogP contribution in [0.15, 0.2) is 48.5 Å². The molecule has 180 valence electrons. The van der Waals surface area contributed by atoms with Gasteiger partial charge in [0.15, 0.2) is 0 Å². The topological polar surface area (TPSA) is 105 Å². The second kappa shape index (κ2) is 10.7. The van der Waals surface area contributed by atoms with Crippen molar-refractivity contribution in [2.45, 2.75) is 63.5 Å². The molecule has 4 rings (SSSR count). The smallest absolute Gasteiger partial charge is 0.407 e. The molecule has 1 saturated carbocycles. The van der Waals surface area contributed by atoms with Crippen LogP contribution in [0.4, 0.5) is 4.79 Å². The summed E-state index contributed by atoms with van der Waals surface area (Å²) in [5.41, 5.74) is 4.74. The second-order valence-corrected chi connectivity index (χ2v) is 9.32. The molecular weight excluding hydrogens is 432 g/mol. The average Bonchev–Trinajstić information content (AvgIpc) is 3.38. The summed E-state index contributed by atoms with van der Waals surface area (Å²) in [6, 6.07) is 16.1. The SMILES string of the molecule is CC[C@@H](CC(=O)O)NC(=O)C[C@H]1CC[C@@H](NC(=O)OCC2c3ccccc3-c3ccccc32)C1. The van der Waals surface area contributed by atoms with Crippen molar-refractivity contribution in [2.75, 3.05) is 6.61 Å². The number of rotatable bonds is 9. The van der Waals surface area contributed by atoms with Gasteiger partial charge in [0.1, 0.15) is 6.61 Å². The third kappa shape index (κ3) is 5.58. The van der Waals surface area contributed by atoms with Crippen LogP contribution >= 0.6 is 0 Å². The molecule has 2 amide bonds. The van der Waals surface area contributed by atoms with E-state index in [1.165, 1.54) is 22.3 Å². The Morgan fingerprint density at radius 3 is 2.29 bits per heavy atom. The van der Waals surface area contributed by atoms with E-state index < -0.39 is 12.1 Å². The molecule has 0 heterocycles. The number of alkyl carbamates (subject to hydrolysis) is 1. The van der Waals surface area contributed by atoms with Crippen LogP contribution < -0.4 is 10.6 Å². The monoisotopic (exact) mass is 464 g/mol. The van der Waals surface area contributed by atoms with E-state index in [1.54, 1.807) is 0 Å².